The molecule has 2 heterocycles. The molecule has 0 saturated carbocycles. The molecule has 0 aliphatic carbocycles. The van der Waals surface area contributed by atoms with Crippen LogP contribution >= 0.6 is 46.7 Å². The van der Waals surface area contributed by atoms with Gasteiger partial charge in [-0.05, 0) is 0 Å². The summed E-state index contributed by atoms with van der Waals surface area (Å²) in [5.74, 6) is 1.23. The van der Waals surface area contributed by atoms with Crippen molar-refractivity contribution >= 4 is 57.7 Å². The van der Waals surface area contributed by atoms with E-state index >= 15 is 0 Å². The highest BCUT2D eigenvalue weighted by Crippen LogP contribution is 2.19. The Morgan fingerprint density at radius 2 is 1.71 bits per heavy atom. The Labute approximate surface area is 168 Å². The second kappa shape index (κ2) is 10.1. The SMILES string of the molecule is CN=C(NCc1csc(C(C)C)n1)NCc1csc(N(C)C)n1.I. The number of hydrogen-bond acceptors (Lipinski definition) is 6. The Hall–Kier alpha value is -0.940. The minimum atomic E-state index is 0. The predicted octanol–water partition coefficient (Wildman–Crippen LogP) is 3.27. The van der Waals surface area contributed by atoms with Gasteiger partial charge in [-0.15, -0.1) is 46.7 Å². The van der Waals surface area contributed by atoms with Crippen molar-refractivity contribution in [1.29, 1.82) is 0 Å². The van der Waals surface area contributed by atoms with Gasteiger partial charge in [-0.25, -0.2) is 9.97 Å². The maximum Gasteiger partial charge on any atom is 0.191 e. The Bertz CT molecular complexity index is 598. The fourth-order valence-corrected chi connectivity index (χ4v) is 3.41. The van der Waals surface area contributed by atoms with Crippen LogP contribution in [0.1, 0.15) is 36.2 Å². The number of nitrogens with one attached hydrogen (secondary N) is 2. The van der Waals surface area contributed by atoms with Gasteiger partial charge < -0.3 is 15.5 Å². The average Bonchev–Trinajstić information content (AvgIpc) is 3.16. The quantitative estimate of drug-likeness (QED) is 0.378. The average molecular weight is 480 g/mol. The predicted molar refractivity (Wildman–Crippen MR) is 115 cm³/mol. The first kappa shape index (κ1) is 21.1. The van der Waals surface area contributed by atoms with E-state index in [4.69, 9.17) is 0 Å². The summed E-state index contributed by atoms with van der Waals surface area (Å²) in [6, 6.07) is 0. The highest BCUT2D eigenvalue weighted by molar-refractivity contribution is 14.0. The summed E-state index contributed by atoms with van der Waals surface area (Å²) in [4.78, 5) is 15.4. The van der Waals surface area contributed by atoms with Gasteiger partial charge in [-0.1, -0.05) is 13.8 Å². The maximum absolute atomic E-state index is 4.61. The van der Waals surface area contributed by atoms with Crippen molar-refractivity contribution in [2.45, 2.75) is 32.9 Å². The van der Waals surface area contributed by atoms with Gasteiger partial charge >= 0.3 is 0 Å². The van der Waals surface area contributed by atoms with Crippen LogP contribution in [0.2, 0.25) is 0 Å². The standard InChI is InChI=1S/C15H24N6S2.HI/c1-10(2)13-19-11(8-22-13)6-17-14(16-3)18-7-12-9-23-15(20-12)21(4)5;/h8-10H,6-7H2,1-5H3,(H2,16,17,18);1H. The lowest BCUT2D eigenvalue weighted by atomic mass is 10.2. The molecular formula is C15H25IN6S2. The molecule has 0 atom stereocenters. The summed E-state index contributed by atoms with van der Waals surface area (Å²) in [5.41, 5.74) is 2.06. The Morgan fingerprint density at radius 1 is 1.12 bits per heavy atom. The van der Waals surface area contributed by atoms with Gasteiger partial charge in [0.15, 0.2) is 11.1 Å². The third-order valence-electron chi connectivity index (χ3n) is 3.08. The van der Waals surface area contributed by atoms with Crippen LogP contribution in [0.3, 0.4) is 0 Å². The number of hydrogen-bond donors (Lipinski definition) is 2. The number of anilines is 1. The van der Waals surface area contributed by atoms with E-state index in [-0.39, 0.29) is 24.0 Å². The van der Waals surface area contributed by atoms with Gasteiger partial charge in [-0.2, -0.15) is 0 Å². The molecule has 0 bridgehead atoms. The van der Waals surface area contributed by atoms with Crippen LogP contribution in [-0.2, 0) is 13.1 Å². The lowest BCUT2D eigenvalue weighted by molar-refractivity contribution is 0.777. The topological polar surface area (TPSA) is 65.4 Å². The van der Waals surface area contributed by atoms with Gasteiger partial charge in [0, 0.05) is 37.8 Å². The zero-order chi connectivity index (χ0) is 16.8. The monoisotopic (exact) mass is 480 g/mol. The van der Waals surface area contributed by atoms with E-state index < -0.39 is 0 Å². The van der Waals surface area contributed by atoms with E-state index in [1.54, 1.807) is 29.7 Å². The van der Waals surface area contributed by atoms with E-state index in [1.165, 1.54) is 5.01 Å². The first-order valence-electron chi connectivity index (χ1n) is 7.50. The first-order chi connectivity index (χ1) is 11.0. The summed E-state index contributed by atoms with van der Waals surface area (Å²) < 4.78 is 0. The van der Waals surface area contributed by atoms with Crippen LogP contribution in [0.5, 0.6) is 0 Å². The Morgan fingerprint density at radius 3 is 2.17 bits per heavy atom. The van der Waals surface area contributed by atoms with Crippen molar-refractivity contribution in [3.63, 3.8) is 0 Å². The number of aliphatic imine (C=N–C) groups is 1. The molecule has 2 aromatic heterocycles. The molecule has 0 saturated heterocycles. The maximum atomic E-state index is 4.61. The van der Waals surface area contributed by atoms with Gasteiger partial charge in [0.05, 0.1) is 29.5 Å². The van der Waals surface area contributed by atoms with E-state index in [9.17, 15) is 0 Å². The Balaban J connectivity index is 0.00000288. The van der Waals surface area contributed by atoms with E-state index in [0.29, 0.717) is 19.0 Å². The highest BCUT2D eigenvalue weighted by atomic mass is 127. The smallest absolute Gasteiger partial charge is 0.191 e. The van der Waals surface area contributed by atoms with Crippen LogP contribution < -0.4 is 15.5 Å². The molecular weight excluding hydrogens is 455 g/mol. The molecule has 2 rings (SSSR count). The fraction of sp³-hybridized carbons (Fsp3) is 0.533. The molecule has 6 nitrogen and oxygen atoms in total. The number of rotatable bonds is 6. The normalized spacial score (nSPS) is 11.3. The van der Waals surface area contributed by atoms with Gasteiger partial charge in [0.1, 0.15) is 0 Å². The minimum absolute atomic E-state index is 0. The molecule has 0 amide bonds. The van der Waals surface area contributed by atoms with Crippen molar-refractivity contribution in [3.05, 3.63) is 27.2 Å². The molecule has 0 fully saturated rings. The molecule has 0 unspecified atom stereocenters. The van der Waals surface area contributed by atoms with Crippen molar-refractivity contribution in [2.24, 2.45) is 4.99 Å². The summed E-state index contributed by atoms with van der Waals surface area (Å²) in [5, 5.41) is 12.9. The summed E-state index contributed by atoms with van der Waals surface area (Å²) in [6.45, 7) is 5.64. The van der Waals surface area contributed by atoms with Crippen molar-refractivity contribution in [1.82, 2.24) is 20.6 Å². The number of guanidine groups is 1. The number of aromatic nitrogens is 2. The second-order valence-electron chi connectivity index (χ2n) is 5.63. The summed E-state index contributed by atoms with van der Waals surface area (Å²) in [7, 11) is 5.76. The molecule has 24 heavy (non-hydrogen) atoms. The number of nitrogens with zero attached hydrogens (tertiary/aromatic N) is 4. The lowest BCUT2D eigenvalue weighted by Crippen LogP contribution is -2.36. The highest BCUT2D eigenvalue weighted by Gasteiger charge is 2.07. The van der Waals surface area contributed by atoms with Gasteiger partial charge in [0.25, 0.3) is 0 Å². The van der Waals surface area contributed by atoms with Crippen LogP contribution in [0.25, 0.3) is 0 Å². The van der Waals surface area contributed by atoms with Crippen LogP contribution in [0.4, 0.5) is 5.13 Å². The molecule has 2 aromatic rings. The molecule has 0 aliphatic heterocycles. The number of thiazole rings is 2. The third-order valence-corrected chi connectivity index (χ3v) is 5.33. The first-order valence-corrected chi connectivity index (χ1v) is 9.26. The van der Waals surface area contributed by atoms with Crippen molar-refractivity contribution < 1.29 is 0 Å². The largest absolute Gasteiger partial charge is 0.354 e. The number of halogens is 1. The minimum Gasteiger partial charge on any atom is -0.354 e. The summed E-state index contributed by atoms with van der Waals surface area (Å²) in [6.07, 6.45) is 0. The van der Waals surface area contributed by atoms with Gasteiger partial charge in [0.2, 0.25) is 0 Å². The molecule has 0 aromatic carbocycles. The lowest BCUT2D eigenvalue weighted by Gasteiger charge is -2.10. The molecule has 2 N–H and O–H groups in total. The second-order valence-corrected chi connectivity index (χ2v) is 7.35. The van der Waals surface area contributed by atoms with Crippen LogP contribution in [0.15, 0.2) is 15.8 Å². The molecule has 9 heteroatoms. The zero-order valence-corrected chi connectivity index (χ0v) is 18.6. The van der Waals surface area contributed by atoms with Crippen molar-refractivity contribution in [2.75, 3.05) is 26.0 Å². The Kier molecular flexibility index (Phi) is 8.92. The third kappa shape index (κ3) is 6.17. The molecule has 0 spiro atoms. The fourth-order valence-electron chi connectivity index (χ4n) is 1.82. The zero-order valence-electron chi connectivity index (χ0n) is 14.7. The molecule has 134 valence electrons. The van der Waals surface area contributed by atoms with Crippen molar-refractivity contribution in [3.8, 4) is 0 Å². The van der Waals surface area contributed by atoms with E-state index in [2.05, 4.69) is 50.2 Å². The summed E-state index contributed by atoms with van der Waals surface area (Å²) >= 11 is 3.35. The van der Waals surface area contributed by atoms with Gasteiger partial charge in [-0.3, -0.25) is 4.99 Å². The van der Waals surface area contributed by atoms with E-state index in [1.807, 2.05) is 19.0 Å². The van der Waals surface area contributed by atoms with E-state index in [0.717, 1.165) is 22.5 Å². The van der Waals surface area contributed by atoms with Crippen LogP contribution in [-0.4, -0.2) is 37.1 Å². The van der Waals surface area contributed by atoms with Crippen LogP contribution in [0, 0.1) is 0 Å². The molecule has 0 aliphatic rings. The molecule has 0 radical (unpaired) electrons.